The van der Waals surface area contributed by atoms with Gasteiger partial charge in [0.15, 0.2) is 0 Å². The van der Waals surface area contributed by atoms with E-state index in [2.05, 4.69) is 47.6 Å². The largest absolute Gasteiger partial charge is 0.331 e. The first kappa shape index (κ1) is 16.5. The Morgan fingerprint density at radius 1 is 1.20 bits per heavy atom. The Kier molecular flexibility index (Phi) is 4.44. The summed E-state index contributed by atoms with van der Waals surface area (Å²) in [4.78, 5) is 20.6. The van der Waals surface area contributed by atoms with Crippen molar-refractivity contribution in [3.8, 4) is 10.6 Å². The Morgan fingerprint density at radius 2 is 1.96 bits per heavy atom. The maximum absolute atomic E-state index is 13.2. The van der Waals surface area contributed by atoms with E-state index >= 15 is 0 Å². The van der Waals surface area contributed by atoms with Crippen LogP contribution in [0, 0.1) is 13.8 Å². The molecule has 0 bridgehead atoms. The Labute approximate surface area is 156 Å². The van der Waals surface area contributed by atoms with Gasteiger partial charge in [-0.25, -0.2) is 4.98 Å². The lowest BCUT2D eigenvalue weighted by Crippen LogP contribution is -2.32. The molecule has 1 aliphatic rings. The second kappa shape index (κ2) is 6.73. The highest BCUT2D eigenvalue weighted by Gasteiger charge is 2.34. The van der Waals surface area contributed by atoms with Crippen molar-refractivity contribution in [2.45, 2.75) is 39.3 Å². The molecule has 0 saturated heterocycles. The molecule has 0 aliphatic heterocycles. The number of amides is 1. The molecule has 2 aromatic heterocycles. The number of carbonyl (C=O) groups is 1. The van der Waals surface area contributed by atoms with Gasteiger partial charge < -0.3 is 4.90 Å². The van der Waals surface area contributed by atoms with E-state index in [1.165, 1.54) is 22.5 Å². The fourth-order valence-corrected chi connectivity index (χ4v) is 4.61. The van der Waals surface area contributed by atoms with Gasteiger partial charge in [0.1, 0.15) is 9.88 Å². The molecule has 1 fully saturated rings. The molecular weight excluding hydrogens is 348 g/mol. The summed E-state index contributed by atoms with van der Waals surface area (Å²) in [6.07, 6.45) is 2.21. The zero-order valence-corrected chi connectivity index (χ0v) is 16.0. The molecule has 1 aliphatic carbocycles. The lowest BCUT2D eigenvalue weighted by Gasteiger charge is -2.22. The molecule has 1 aromatic carbocycles. The summed E-state index contributed by atoms with van der Waals surface area (Å²) < 4.78 is 0. The maximum Gasteiger partial charge on any atom is 0.266 e. The first-order chi connectivity index (χ1) is 12.1. The van der Waals surface area contributed by atoms with Gasteiger partial charge in [0.2, 0.25) is 0 Å². The van der Waals surface area contributed by atoms with E-state index in [9.17, 15) is 4.79 Å². The van der Waals surface area contributed by atoms with Crippen LogP contribution in [0.25, 0.3) is 10.6 Å². The SMILES string of the molecule is Cc1ccc(CN(C(=O)c2sc(-c3ccsc3)nc2C)C2CC2)cc1. The zero-order valence-electron chi connectivity index (χ0n) is 14.4. The van der Waals surface area contributed by atoms with Crippen LogP contribution in [0.4, 0.5) is 0 Å². The molecule has 3 aromatic rings. The van der Waals surface area contributed by atoms with Crippen LogP contribution in [-0.4, -0.2) is 21.8 Å². The molecule has 2 heterocycles. The summed E-state index contributed by atoms with van der Waals surface area (Å²) in [6.45, 7) is 4.70. The quantitative estimate of drug-likeness (QED) is 0.613. The molecule has 0 N–H and O–H groups in total. The molecule has 5 heteroatoms. The molecule has 0 spiro atoms. The third kappa shape index (κ3) is 3.53. The predicted octanol–water partition coefficient (Wildman–Crippen LogP) is 5.29. The van der Waals surface area contributed by atoms with Crippen LogP contribution in [0.2, 0.25) is 0 Å². The summed E-state index contributed by atoms with van der Waals surface area (Å²) in [6, 6.07) is 10.9. The van der Waals surface area contributed by atoms with E-state index in [0.717, 1.165) is 34.0 Å². The topological polar surface area (TPSA) is 33.2 Å². The second-order valence-corrected chi connectivity index (χ2v) is 8.37. The highest BCUT2D eigenvalue weighted by molar-refractivity contribution is 7.17. The van der Waals surface area contributed by atoms with Crippen molar-refractivity contribution in [2.75, 3.05) is 0 Å². The van der Waals surface area contributed by atoms with Gasteiger partial charge in [0.05, 0.1) is 5.69 Å². The van der Waals surface area contributed by atoms with Gasteiger partial charge in [0, 0.05) is 23.5 Å². The van der Waals surface area contributed by atoms with Crippen LogP contribution in [0.15, 0.2) is 41.1 Å². The minimum Gasteiger partial charge on any atom is -0.331 e. The third-order valence-corrected chi connectivity index (χ3v) is 6.36. The normalized spacial score (nSPS) is 13.8. The van der Waals surface area contributed by atoms with Crippen molar-refractivity contribution in [3.05, 3.63) is 62.8 Å². The molecule has 25 heavy (non-hydrogen) atoms. The van der Waals surface area contributed by atoms with Gasteiger partial charge in [-0.2, -0.15) is 11.3 Å². The number of thiazole rings is 1. The number of aryl methyl sites for hydroxylation is 2. The highest BCUT2D eigenvalue weighted by atomic mass is 32.1. The third-order valence-electron chi connectivity index (χ3n) is 4.48. The second-order valence-electron chi connectivity index (χ2n) is 6.60. The van der Waals surface area contributed by atoms with E-state index in [1.807, 2.05) is 17.2 Å². The van der Waals surface area contributed by atoms with Gasteiger partial charge in [-0.15, -0.1) is 11.3 Å². The van der Waals surface area contributed by atoms with Gasteiger partial charge in [0.25, 0.3) is 5.91 Å². The number of hydrogen-bond donors (Lipinski definition) is 0. The molecule has 0 radical (unpaired) electrons. The van der Waals surface area contributed by atoms with Crippen molar-refractivity contribution in [1.29, 1.82) is 0 Å². The summed E-state index contributed by atoms with van der Waals surface area (Å²) in [5, 5.41) is 5.06. The van der Waals surface area contributed by atoms with Crippen molar-refractivity contribution in [2.24, 2.45) is 0 Å². The van der Waals surface area contributed by atoms with Crippen LogP contribution in [0.5, 0.6) is 0 Å². The van der Waals surface area contributed by atoms with E-state index in [4.69, 9.17) is 0 Å². The first-order valence-electron chi connectivity index (χ1n) is 8.48. The summed E-state index contributed by atoms with van der Waals surface area (Å²) >= 11 is 3.17. The minimum atomic E-state index is 0.125. The van der Waals surface area contributed by atoms with Crippen LogP contribution < -0.4 is 0 Å². The van der Waals surface area contributed by atoms with Crippen molar-refractivity contribution in [1.82, 2.24) is 9.88 Å². The monoisotopic (exact) mass is 368 g/mol. The molecule has 3 nitrogen and oxygen atoms in total. The number of thiophene rings is 1. The fraction of sp³-hybridized carbons (Fsp3) is 0.300. The Morgan fingerprint density at radius 3 is 2.60 bits per heavy atom. The average Bonchev–Trinajstić information content (AvgIpc) is 3.14. The Hall–Kier alpha value is -1.98. The number of aromatic nitrogens is 1. The van der Waals surface area contributed by atoms with Gasteiger partial charge >= 0.3 is 0 Å². The van der Waals surface area contributed by atoms with E-state index in [0.29, 0.717) is 12.6 Å². The first-order valence-corrected chi connectivity index (χ1v) is 10.2. The fourth-order valence-electron chi connectivity index (χ4n) is 2.88. The maximum atomic E-state index is 13.2. The molecule has 0 atom stereocenters. The Bertz CT molecular complexity index is 877. The smallest absolute Gasteiger partial charge is 0.266 e. The molecular formula is C20H20N2OS2. The van der Waals surface area contributed by atoms with Gasteiger partial charge in [-0.1, -0.05) is 29.8 Å². The van der Waals surface area contributed by atoms with Crippen molar-refractivity contribution < 1.29 is 4.79 Å². The predicted molar refractivity (Wildman–Crippen MR) is 104 cm³/mol. The summed E-state index contributed by atoms with van der Waals surface area (Å²) in [7, 11) is 0. The number of benzene rings is 1. The minimum absolute atomic E-state index is 0.125. The standard InChI is InChI=1S/C20H20N2OS2/c1-13-3-5-15(6-4-13)11-22(17-7-8-17)20(23)18-14(2)21-19(25-18)16-9-10-24-12-16/h3-6,9-10,12,17H,7-8,11H2,1-2H3. The highest BCUT2D eigenvalue weighted by Crippen LogP contribution is 2.34. The van der Waals surface area contributed by atoms with E-state index < -0.39 is 0 Å². The van der Waals surface area contributed by atoms with Crippen LogP contribution in [0.1, 0.15) is 39.3 Å². The zero-order chi connectivity index (χ0) is 17.4. The summed E-state index contributed by atoms with van der Waals surface area (Å²) in [5.41, 5.74) is 4.37. The molecule has 1 saturated carbocycles. The molecule has 4 rings (SSSR count). The average molecular weight is 369 g/mol. The molecule has 1 amide bonds. The summed E-state index contributed by atoms with van der Waals surface area (Å²) in [5.74, 6) is 0.125. The van der Waals surface area contributed by atoms with Gasteiger partial charge in [-0.3, -0.25) is 4.79 Å². The number of rotatable bonds is 5. The van der Waals surface area contributed by atoms with E-state index in [-0.39, 0.29) is 5.91 Å². The number of carbonyl (C=O) groups excluding carboxylic acids is 1. The lowest BCUT2D eigenvalue weighted by atomic mass is 10.1. The van der Waals surface area contributed by atoms with Crippen molar-refractivity contribution >= 4 is 28.6 Å². The Balaban J connectivity index is 1.60. The van der Waals surface area contributed by atoms with Gasteiger partial charge in [-0.05, 0) is 43.7 Å². The molecule has 128 valence electrons. The number of hydrogen-bond acceptors (Lipinski definition) is 4. The lowest BCUT2D eigenvalue weighted by molar-refractivity contribution is 0.0734. The van der Waals surface area contributed by atoms with E-state index in [1.54, 1.807) is 11.3 Å². The van der Waals surface area contributed by atoms with Crippen LogP contribution in [0.3, 0.4) is 0 Å². The van der Waals surface area contributed by atoms with Crippen molar-refractivity contribution in [3.63, 3.8) is 0 Å². The molecule has 0 unspecified atom stereocenters. The number of nitrogens with zero attached hydrogens (tertiary/aromatic N) is 2. The van der Waals surface area contributed by atoms with Crippen LogP contribution >= 0.6 is 22.7 Å². The van der Waals surface area contributed by atoms with Crippen LogP contribution in [-0.2, 0) is 6.54 Å².